The molecule has 0 aliphatic carbocycles. The lowest BCUT2D eigenvalue weighted by Gasteiger charge is -2.06. The minimum absolute atomic E-state index is 0.00888. The van der Waals surface area contributed by atoms with Crippen LogP contribution >= 0.6 is 22.9 Å². The normalized spacial score (nSPS) is 12.1. The minimum Gasteiger partial charge on any atom is -0.374 e. The molecule has 0 aliphatic rings. The number of aromatic nitrogens is 1. The van der Waals surface area contributed by atoms with Gasteiger partial charge >= 0.3 is 0 Å². The summed E-state index contributed by atoms with van der Waals surface area (Å²) in [5.74, 6) is 0. The number of thiazole rings is 1. The fourth-order valence-electron chi connectivity index (χ4n) is 2.36. The fourth-order valence-corrected chi connectivity index (χ4v) is 6.83. The second-order valence-electron chi connectivity index (χ2n) is 5.81. The zero-order valence-electron chi connectivity index (χ0n) is 14.8. The van der Waals surface area contributed by atoms with Crippen LogP contribution in [0.1, 0.15) is 13.3 Å². The molecule has 28 heavy (non-hydrogen) atoms. The average molecular weight is 457 g/mol. The summed E-state index contributed by atoms with van der Waals surface area (Å²) in [6.07, 6.45) is 0.735. The number of hydrogen-bond donors (Lipinski definition) is 1. The highest BCUT2D eigenvalue weighted by Crippen LogP contribution is 2.36. The standard InChI is InChI=1S/C18H17ClN2O4S3/c1-2-12-20-16-17(27(22,23)15-10-8-13(19)9-11-15)21-18(26-16)28(24,25)14-6-4-3-5-7-14/h3-11,20H,2,12H2,1H3. The summed E-state index contributed by atoms with van der Waals surface area (Å²) in [7, 11) is -7.96. The van der Waals surface area contributed by atoms with Crippen molar-refractivity contribution in [2.75, 3.05) is 11.9 Å². The van der Waals surface area contributed by atoms with E-state index < -0.39 is 19.7 Å². The summed E-state index contributed by atoms with van der Waals surface area (Å²) in [6, 6.07) is 13.4. The lowest BCUT2D eigenvalue weighted by molar-refractivity contribution is 0.589. The van der Waals surface area contributed by atoms with Gasteiger partial charge in [-0.05, 0) is 42.8 Å². The first kappa shape index (κ1) is 20.8. The van der Waals surface area contributed by atoms with Crippen LogP contribution in [0, 0.1) is 0 Å². The zero-order valence-corrected chi connectivity index (χ0v) is 18.0. The maximum atomic E-state index is 13.1. The molecule has 0 aliphatic heterocycles. The predicted octanol–water partition coefficient (Wildman–Crippen LogP) is 4.28. The maximum absolute atomic E-state index is 13.1. The number of nitrogens with one attached hydrogen (secondary N) is 1. The van der Waals surface area contributed by atoms with Gasteiger partial charge in [0.15, 0.2) is 5.03 Å². The van der Waals surface area contributed by atoms with Crippen molar-refractivity contribution in [2.24, 2.45) is 0 Å². The van der Waals surface area contributed by atoms with Gasteiger partial charge < -0.3 is 5.32 Å². The van der Waals surface area contributed by atoms with Crippen molar-refractivity contribution in [2.45, 2.75) is 32.5 Å². The highest BCUT2D eigenvalue weighted by atomic mass is 35.5. The zero-order chi connectivity index (χ0) is 20.4. The summed E-state index contributed by atoms with van der Waals surface area (Å²) in [5, 5.41) is 3.27. The van der Waals surface area contributed by atoms with Gasteiger partial charge in [-0.25, -0.2) is 21.8 Å². The molecule has 0 saturated heterocycles. The molecule has 3 rings (SSSR count). The van der Waals surface area contributed by atoms with E-state index in [1.54, 1.807) is 18.2 Å². The lowest BCUT2D eigenvalue weighted by Crippen LogP contribution is -2.08. The molecular weight excluding hydrogens is 440 g/mol. The van der Waals surface area contributed by atoms with Crippen LogP contribution in [0.5, 0.6) is 0 Å². The topological polar surface area (TPSA) is 93.2 Å². The summed E-state index contributed by atoms with van der Waals surface area (Å²) >= 11 is 6.65. The molecule has 0 bridgehead atoms. The number of hydrogen-bond acceptors (Lipinski definition) is 7. The molecule has 0 saturated carbocycles. The lowest BCUT2D eigenvalue weighted by atomic mass is 10.4. The molecule has 0 unspecified atom stereocenters. The molecule has 3 aromatic rings. The van der Waals surface area contributed by atoms with Crippen LogP contribution in [-0.4, -0.2) is 28.4 Å². The van der Waals surface area contributed by atoms with E-state index in [9.17, 15) is 16.8 Å². The Morgan fingerprint density at radius 1 is 0.929 bits per heavy atom. The predicted molar refractivity (Wildman–Crippen MR) is 110 cm³/mol. The minimum atomic E-state index is -4.02. The van der Waals surface area contributed by atoms with Crippen LogP contribution in [0.2, 0.25) is 5.02 Å². The summed E-state index contributed by atoms with van der Waals surface area (Å²) < 4.78 is 51.6. The van der Waals surface area contributed by atoms with Gasteiger partial charge in [-0.2, -0.15) is 0 Å². The van der Waals surface area contributed by atoms with Gasteiger partial charge in [0.25, 0.3) is 0 Å². The number of anilines is 1. The third kappa shape index (κ3) is 4.07. The summed E-state index contributed by atoms with van der Waals surface area (Å²) in [5.41, 5.74) is 0. The van der Waals surface area contributed by atoms with E-state index in [1.165, 1.54) is 36.4 Å². The quantitative estimate of drug-likeness (QED) is 0.570. The van der Waals surface area contributed by atoms with Gasteiger partial charge in [-0.3, -0.25) is 0 Å². The van der Waals surface area contributed by atoms with E-state index in [2.05, 4.69) is 10.3 Å². The van der Waals surface area contributed by atoms with Gasteiger partial charge in [0.2, 0.25) is 24.0 Å². The van der Waals surface area contributed by atoms with Crippen LogP contribution in [-0.2, 0) is 19.7 Å². The number of halogens is 1. The molecule has 1 aromatic heterocycles. The van der Waals surface area contributed by atoms with E-state index in [0.717, 1.165) is 17.8 Å². The number of nitrogens with zero attached hydrogens (tertiary/aromatic N) is 1. The molecule has 0 amide bonds. The molecule has 1 N–H and O–H groups in total. The molecule has 0 fully saturated rings. The van der Waals surface area contributed by atoms with Crippen molar-refractivity contribution < 1.29 is 16.8 Å². The second-order valence-corrected chi connectivity index (χ2v) is 11.2. The molecule has 6 nitrogen and oxygen atoms in total. The molecule has 10 heteroatoms. The third-order valence-corrected chi connectivity index (χ3v) is 9.01. The van der Waals surface area contributed by atoms with Gasteiger partial charge in [0.05, 0.1) is 9.79 Å². The SMILES string of the molecule is CCCNc1sc(S(=O)(=O)c2ccccc2)nc1S(=O)(=O)c1ccc(Cl)cc1. The van der Waals surface area contributed by atoms with E-state index in [1.807, 2.05) is 6.92 Å². The second kappa shape index (κ2) is 8.20. The summed E-state index contributed by atoms with van der Waals surface area (Å²) in [6.45, 7) is 2.40. The molecule has 1 heterocycles. The van der Waals surface area contributed by atoms with Crippen LogP contribution in [0.25, 0.3) is 0 Å². The smallest absolute Gasteiger partial charge is 0.233 e. The van der Waals surface area contributed by atoms with Gasteiger partial charge in [0, 0.05) is 11.6 Å². The van der Waals surface area contributed by atoms with Gasteiger partial charge in [-0.1, -0.05) is 48.1 Å². The van der Waals surface area contributed by atoms with Crippen LogP contribution in [0.3, 0.4) is 0 Å². The first-order valence-corrected chi connectivity index (χ1v) is 12.5. The Bertz CT molecular complexity index is 1170. The first-order chi connectivity index (χ1) is 13.3. The van der Waals surface area contributed by atoms with Gasteiger partial charge in [0.1, 0.15) is 5.00 Å². The Morgan fingerprint density at radius 2 is 1.54 bits per heavy atom. The average Bonchev–Trinajstić information content (AvgIpc) is 3.13. The Kier molecular flexibility index (Phi) is 6.09. The third-order valence-electron chi connectivity index (χ3n) is 3.77. The van der Waals surface area contributed by atoms with Crippen LogP contribution in [0.15, 0.2) is 73.8 Å². The fraction of sp³-hybridized carbons (Fsp3) is 0.167. The Balaban J connectivity index is 2.14. The van der Waals surface area contributed by atoms with Crippen LogP contribution in [0.4, 0.5) is 5.00 Å². The Hall–Kier alpha value is -1.94. The van der Waals surface area contributed by atoms with Gasteiger partial charge in [-0.15, -0.1) is 0 Å². The van der Waals surface area contributed by atoms with Crippen LogP contribution < -0.4 is 5.32 Å². The molecule has 2 aromatic carbocycles. The summed E-state index contributed by atoms with van der Waals surface area (Å²) in [4.78, 5) is 4.08. The molecule has 0 atom stereocenters. The number of benzene rings is 2. The Morgan fingerprint density at radius 3 is 2.14 bits per heavy atom. The highest BCUT2D eigenvalue weighted by Gasteiger charge is 2.31. The van der Waals surface area contributed by atoms with Crippen molar-refractivity contribution in [3.8, 4) is 0 Å². The van der Waals surface area contributed by atoms with Crippen molar-refractivity contribution in [3.63, 3.8) is 0 Å². The van der Waals surface area contributed by atoms with E-state index >= 15 is 0 Å². The van der Waals surface area contributed by atoms with E-state index in [4.69, 9.17) is 11.6 Å². The van der Waals surface area contributed by atoms with E-state index in [0.29, 0.717) is 11.6 Å². The van der Waals surface area contributed by atoms with Crippen molar-refractivity contribution in [1.29, 1.82) is 0 Å². The number of sulfone groups is 2. The van der Waals surface area contributed by atoms with E-state index in [-0.39, 0.29) is 24.2 Å². The Labute approximate surface area is 173 Å². The molecule has 0 radical (unpaired) electrons. The number of rotatable bonds is 7. The molecule has 148 valence electrons. The first-order valence-electron chi connectivity index (χ1n) is 8.32. The largest absolute Gasteiger partial charge is 0.374 e. The monoisotopic (exact) mass is 456 g/mol. The highest BCUT2D eigenvalue weighted by molar-refractivity contribution is 7.94. The van der Waals surface area contributed by atoms with Crippen molar-refractivity contribution >= 4 is 47.6 Å². The maximum Gasteiger partial charge on any atom is 0.233 e. The molecular formula is C18H17ClN2O4S3. The van der Waals surface area contributed by atoms with Crippen molar-refractivity contribution in [3.05, 3.63) is 59.6 Å². The molecule has 0 spiro atoms. The van der Waals surface area contributed by atoms with Crippen molar-refractivity contribution in [1.82, 2.24) is 4.98 Å².